The van der Waals surface area contributed by atoms with Crippen LogP contribution in [0, 0.1) is 0 Å². The molecule has 2 heterocycles. The van der Waals surface area contributed by atoms with Crippen molar-refractivity contribution in [3.8, 4) is 11.4 Å². The molecule has 0 aliphatic heterocycles. The van der Waals surface area contributed by atoms with Gasteiger partial charge in [-0.3, -0.25) is 9.78 Å². The number of aromatic nitrogens is 3. The van der Waals surface area contributed by atoms with Crippen LogP contribution in [0.4, 0.5) is 0 Å². The summed E-state index contributed by atoms with van der Waals surface area (Å²) in [6, 6.07) is 7.36. The molecule has 6 heteroatoms. The first kappa shape index (κ1) is 11.2. The number of aromatic hydroxyl groups is 1. The molecule has 0 aliphatic rings. The Bertz CT molecular complexity index is 866. The van der Waals surface area contributed by atoms with Gasteiger partial charge in [-0.15, -0.1) is 0 Å². The second-order valence-electron chi connectivity index (χ2n) is 4.01. The van der Waals surface area contributed by atoms with E-state index in [-0.39, 0.29) is 5.75 Å². The Labute approximate surface area is 106 Å². The Balaban J connectivity index is 2.43. The summed E-state index contributed by atoms with van der Waals surface area (Å²) in [4.78, 5) is 30.7. The average Bonchev–Trinajstić information content (AvgIpc) is 2.39. The summed E-state index contributed by atoms with van der Waals surface area (Å²) < 4.78 is 1.03. The lowest BCUT2D eigenvalue weighted by molar-refractivity contribution is 0.476. The molecule has 3 aromatic rings. The lowest BCUT2D eigenvalue weighted by Crippen LogP contribution is -2.33. The zero-order valence-corrected chi connectivity index (χ0v) is 9.70. The Morgan fingerprint density at radius 1 is 1.11 bits per heavy atom. The maximum atomic E-state index is 12.3. The summed E-state index contributed by atoms with van der Waals surface area (Å²) in [7, 11) is 0. The van der Waals surface area contributed by atoms with E-state index < -0.39 is 11.2 Å². The van der Waals surface area contributed by atoms with Crippen LogP contribution >= 0.6 is 0 Å². The highest BCUT2D eigenvalue weighted by Gasteiger charge is 2.09. The molecule has 0 radical (unpaired) electrons. The summed E-state index contributed by atoms with van der Waals surface area (Å²) in [6.45, 7) is 0. The van der Waals surface area contributed by atoms with Gasteiger partial charge in [0.05, 0.1) is 16.6 Å². The molecule has 0 spiro atoms. The number of phenols is 1. The van der Waals surface area contributed by atoms with Crippen molar-refractivity contribution < 1.29 is 5.11 Å². The number of benzene rings is 1. The molecule has 2 aromatic heterocycles. The van der Waals surface area contributed by atoms with Crippen LogP contribution in [-0.4, -0.2) is 19.6 Å². The van der Waals surface area contributed by atoms with Crippen LogP contribution in [0.3, 0.4) is 0 Å². The zero-order chi connectivity index (χ0) is 13.4. The predicted octanol–water partition coefficient (Wildman–Crippen LogP) is 0.780. The van der Waals surface area contributed by atoms with E-state index in [0.717, 1.165) is 4.57 Å². The predicted molar refractivity (Wildman–Crippen MR) is 69.6 cm³/mol. The first-order valence-electron chi connectivity index (χ1n) is 5.55. The minimum atomic E-state index is -0.561. The number of nitrogens with zero attached hydrogens (tertiary/aromatic N) is 2. The highest BCUT2D eigenvalue weighted by Crippen LogP contribution is 2.14. The average molecular weight is 255 g/mol. The van der Waals surface area contributed by atoms with Gasteiger partial charge < -0.3 is 10.1 Å². The van der Waals surface area contributed by atoms with Crippen LogP contribution in [0.2, 0.25) is 0 Å². The van der Waals surface area contributed by atoms with E-state index in [9.17, 15) is 14.7 Å². The third-order valence-electron chi connectivity index (χ3n) is 2.80. The van der Waals surface area contributed by atoms with Gasteiger partial charge in [-0.2, -0.15) is 0 Å². The first-order chi connectivity index (χ1) is 9.16. The number of fused-ring (bicyclic) bond motifs is 1. The van der Waals surface area contributed by atoms with E-state index in [1.807, 2.05) is 0 Å². The lowest BCUT2D eigenvalue weighted by atomic mass is 10.2. The van der Waals surface area contributed by atoms with Crippen LogP contribution in [-0.2, 0) is 0 Å². The molecule has 3 rings (SSSR count). The van der Waals surface area contributed by atoms with Crippen molar-refractivity contribution >= 4 is 10.9 Å². The van der Waals surface area contributed by atoms with E-state index in [2.05, 4.69) is 9.97 Å². The van der Waals surface area contributed by atoms with Crippen molar-refractivity contribution in [2.75, 3.05) is 0 Å². The number of phenolic OH excluding ortho intramolecular Hbond substituents is 1. The fourth-order valence-electron chi connectivity index (χ4n) is 1.93. The molecular weight excluding hydrogens is 246 g/mol. The minimum absolute atomic E-state index is 0.00999. The highest BCUT2D eigenvalue weighted by atomic mass is 16.3. The molecule has 0 saturated heterocycles. The molecule has 94 valence electrons. The number of hydrogen-bond acceptors (Lipinski definition) is 4. The second-order valence-corrected chi connectivity index (χ2v) is 4.01. The van der Waals surface area contributed by atoms with Crippen molar-refractivity contribution in [2.45, 2.75) is 0 Å². The molecule has 19 heavy (non-hydrogen) atoms. The van der Waals surface area contributed by atoms with Gasteiger partial charge in [0, 0.05) is 18.5 Å². The summed E-state index contributed by atoms with van der Waals surface area (Å²) in [5.74, 6) is -0.00999. The van der Waals surface area contributed by atoms with Crippen molar-refractivity contribution in [1.82, 2.24) is 14.5 Å². The topological polar surface area (TPSA) is 88.0 Å². The summed E-state index contributed by atoms with van der Waals surface area (Å²) in [6.07, 6.45) is 3.00. The van der Waals surface area contributed by atoms with Gasteiger partial charge >= 0.3 is 5.69 Å². The Hall–Kier alpha value is -2.89. The Morgan fingerprint density at radius 2 is 1.84 bits per heavy atom. The van der Waals surface area contributed by atoms with Crippen molar-refractivity contribution in [3.63, 3.8) is 0 Å². The zero-order valence-electron chi connectivity index (χ0n) is 9.70. The number of pyridine rings is 1. The van der Waals surface area contributed by atoms with Gasteiger partial charge in [-0.05, 0) is 24.3 Å². The highest BCUT2D eigenvalue weighted by molar-refractivity contribution is 5.79. The maximum Gasteiger partial charge on any atom is 0.333 e. The molecule has 0 atom stereocenters. The summed E-state index contributed by atoms with van der Waals surface area (Å²) >= 11 is 0. The van der Waals surface area contributed by atoms with Gasteiger partial charge in [-0.25, -0.2) is 9.36 Å². The molecule has 0 fully saturated rings. The van der Waals surface area contributed by atoms with E-state index in [4.69, 9.17) is 0 Å². The largest absolute Gasteiger partial charge is 0.508 e. The van der Waals surface area contributed by atoms with E-state index in [1.54, 1.807) is 12.1 Å². The SMILES string of the molecule is O=c1[nH]c2cc(O)ccc2c(=O)n1-c1ccncc1. The van der Waals surface area contributed by atoms with Crippen LogP contribution < -0.4 is 11.2 Å². The van der Waals surface area contributed by atoms with Gasteiger partial charge in [0.25, 0.3) is 5.56 Å². The fourth-order valence-corrected chi connectivity index (χ4v) is 1.93. The van der Waals surface area contributed by atoms with E-state index in [0.29, 0.717) is 16.6 Å². The first-order valence-corrected chi connectivity index (χ1v) is 5.55. The number of nitrogens with one attached hydrogen (secondary N) is 1. The van der Waals surface area contributed by atoms with E-state index in [1.165, 1.54) is 30.6 Å². The van der Waals surface area contributed by atoms with Crippen molar-refractivity contribution in [3.05, 3.63) is 63.6 Å². The van der Waals surface area contributed by atoms with Crippen LogP contribution in [0.5, 0.6) is 5.75 Å². The summed E-state index contributed by atoms with van der Waals surface area (Å²) in [5.41, 5.74) is -0.254. The second kappa shape index (κ2) is 4.09. The molecule has 0 saturated carbocycles. The van der Waals surface area contributed by atoms with Crippen LogP contribution in [0.1, 0.15) is 0 Å². The summed E-state index contributed by atoms with van der Waals surface area (Å²) in [5, 5.41) is 9.69. The minimum Gasteiger partial charge on any atom is -0.508 e. The standard InChI is InChI=1S/C13H9N3O3/c17-9-1-2-10-11(7-9)15-13(19)16(12(10)18)8-3-5-14-6-4-8/h1-7,17H,(H,15,19). The Kier molecular flexibility index (Phi) is 2.42. The molecule has 0 aliphatic carbocycles. The number of aromatic amines is 1. The molecular formula is C13H9N3O3. The normalized spacial score (nSPS) is 10.7. The molecule has 0 bridgehead atoms. The third kappa shape index (κ3) is 1.79. The van der Waals surface area contributed by atoms with Gasteiger partial charge in [-0.1, -0.05) is 0 Å². The molecule has 0 unspecified atom stereocenters. The quantitative estimate of drug-likeness (QED) is 0.672. The lowest BCUT2D eigenvalue weighted by Gasteiger charge is -2.05. The fraction of sp³-hybridized carbons (Fsp3) is 0. The Morgan fingerprint density at radius 3 is 2.58 bits per heavy atom. The number of H-pyrrole nitrogens is 1. The van der Waals surface area contributed by atoms with E-state index >= 15 is 0 Å². The van der Waals surface area contributed by atoms with Crippen LogP contribution in [0.25, 0.3) is 16.6 Å². The maximum absolute atomic E-state index is 12.3. The smallest absolute Gasteiger partial charge is 0.333 e. The van der Waals surface area contributed by atoms with Gasteiger partial charge in [0.1, 0.15) is 5.75 Å². The van der Waals surface area contributed by atoms with Crippen LogP contribution in [0.15, 0.2) is 52.3 Å². The van der Waals surface area contributed by atoms with Crippen molar-refractivity contribution in [2.24, 2.45) is 0 Å². The molecule has 1 aromatic carbocycles. The molecule has 6 nitrogen and oxygen atoms in total. The monoisotopic (exact) mass is 255 g/mol. The molecule has 2 N–H and O–H groups in total. The van der Waals surface area contributed by atoms with Crippen molar-refractivity contribution in [1.29, 1.82) is 0 Å². The number of rotatable bonds is 1. The third-order valence-corrected chi connectivity index (χ3v) is 2.80. The van der Waals surface area contributed by atoms with Gasteiger partial charge in [0.15, 0.2) is 0 Å². The number of hydrogen-bond donors (Lipinski definition) is 2. The van der Waals surface area contributed by atoms with Gasteiger partial charge in [0.2, 0.25) is 0 Å². The molecule has 0 amide bonds.